The molecular weight excluding hydrogens is 290 g/mol. The summed E-state index contributed by atoms with van der Waals surface area (Å²) >= 11 is 0. The largest absolute Gasteiger partial charge is 0.333 e. The molecule has 112 valence electrons. The number of benzene rings is 1. The number of nitrogens with zero attached hydrogens (tertiary/aromatic N) is 4. The highest BCUT2D eigenvalue weighted by Gasteiger charge is 2.38. The summed E-state index contributed by atoms with van der Waals surface area (Å²) in [5.41, 5.74) is 0.458. The molecule has 0 fully saturated rings. The summed E-state index contributed by atoms with van der Waals surface area (Å²) in [4.78, 5) is 40.6. The van der Waals surface area contributed by atoms with Gasteiger partial charge in [-0.15, -0.1) is 10.2 Å². The van der Waals surface area contributed by atoms with Crippen molar-refractivity contribution in [3.8, 4) is 0 Å². The van der Waals surface area contributed by atoms with E-state index >= 15 is 0 Å². The van der Waals surface area contributed by atoms with E-state index in [4.69, 9.17) is 4.84 Å². The van der Waals surface area contributed by atoms with Crippen molar-refractivity contribution in [3.05, 3.63) is 41.2 Å². The molecule has 2 aromatic rings. The Hall–Kier alpha value is -3.10. The minimum absolute atomic E-state index is 0.0297. The topological polar surface area (TPSA) is 118 Å². The van der Waals surface area contributed by atoms with Crippen molar-refractivity contribution in [2.45, 2.75) is 19.3 Å². The van der Waals surface area contributed by atoms with Crippen molar-refractivity contribution >= 4 is 17.8 Å². The first-order valence-corrected chi connectivity index (χ1v) is 6.58. The maximum atomic E-state index is 12.0. The number of rotatable bonds is 5. The molecule has 0 saturated heterocycles. The van der Waals surface area contributed by atoms with Crippen LogP contribution in [0.4, 0.5) is 0 Å². The van der Waals surface area contributed by atoms with Gasteiger partial charge in [0.2, 0.25) is 0 Å². The van der Waals surface area contributed by atoms with Gasteiger partial charge in [-0.25, -0.2) is 4.79 Å². The van der Waals surface area contributed by atoms with Crippen molar-refractivity contribution in [3.63, 3.8) is 0 Å². The molecule has 0 bridgehead atoms. The summed E-state index contributed by atoms with van der Waals surface area (Å²) in [5, 5.41) is 13.7. The van der Waals surface area contributed by atoms with Gasteiger partial charge in [-0.2, -0.15) is 5.21 Å². The summed E-state index contributed by atoms with van der Waals surface area (Å²) in [6, 6.07) is 6.31. The van der Waals surface area contributed by atoms with E-state index in [0.717, 1.165) is 0 Å². The van der Waals surface area contributed by atoms with Gasteiger partial charge >= 0.3 is 5.97 Å². The first-order chi connectivity index (χ1) is 10.7. The first-order valence-electron chi connectivity index (χ1n) is 6.58. The SMILES string of the molecule is O=C(CCCc1nn[nH]n1)ON1C(=O)c2ccccc2C1=O. The molecule has 22 heavy (non-hydrogen) atoms. The van der Waals surface area contributed by atoms with Gasteiger partial charge in [-0.1, -0.05) is 22.4 Å². The van der Waals surface area contributed by atoms with Crippen LogP contribution in [-0.2, 0) is 16.1 Å². The number of tetrazole rings is 1. The molecule has 1 N–H and O–H groups in total. The fourth-order valence-electron chi connectivity index (χ4n) is 2.08. The van der Waals surface area contributed by atoms with Gasteiger partial charge in [0.05, 0.1) is 11.1 Å². The number of aromatic nitrogens is 4. The van der Waals surface area contributed by atoms with Crippen LogP contribution in [0.15, 0.2) is 24.3 Å². The minimum atomic E-state index is -0.669. The summed E-state index contributed by atoms with van der Waals surface area (Å²) in [6.07, 6.45) is 0.886. The van der Waals surface area contributed by atoms with E-state index in [1.165, 1.54) is 12.1 Å². The van der Waals surface area contributed by atoms with Gasteiger partial charge in [0.1, 0.15) is 0 Å². The zero-order valence-corrected chi connectivity index (χ0v) is 11.4. The Labute approximate surface area is 124 Å². The third-order valence-corrected chi connectivity index (χ3v) is 3.12. The standard InChI is InChI=1S/C13H11N5O4/c19-11(7-3-6-10-14-16-17-15-10)22-18-12(20)8-4-1-2-5-9(8)13(18)21/h1-2,4-5H,3,6-7H2,(H,14,15,16,17). The normalized spacial score (nSPS) is 13.4. The molecule has 2 amide bonds. The number of aromatic amines is 1. The molecule has 0 unspecified atom stereocenters. The van der Waals surface area contributed by atoms with Crippen molar-refractivity contribution < 1.29 is 19.2 Å². The summed E-state index contributed by atoms with van der Waals surface area (Å²) in [7, 11) is 0. The second-order valence-corrected chi connectivity index (χ2v) is 4.60. The first kappa shape index (κ1) is 13.9. The lowest BCUT2D eigenvalue weighted by molar-refractivity contribution is -0.168. The number of hydrogen-bond acceptors (Lipinski definition) is 7. The number of H-pyrrole nitrogens is 1. The fraction of sp³-hybridized carbons (Fsp3) is 0.231. The van der Waals surface area contributed by atoms with E-state index in [1.807, 2.05) is 0 Å². The molecule has 9 heteroatoms. The molecular formula is C13H11N5O4. The smallest absolute Gasteiger partial charge is 0.330 e. The average molecular weight is 301 g/mol. The van der Waals surface area contributed by atoms with E-state index < -0.39 is 17.8 Å². The lowest BCUT2D eigenvalue weighted by atomic mass is 10.1. The Morgan fingerprint density at radius 2 is 1.86 bits per heavy atom. The minimum Gasteiger partial charge on any atom is -0.330 e. The van der Waals surface area contributed by atoms with Crippen LogP contribution in [0, 0.1) is 0 Å². The number of hydrogen-bond donors (Lipinski definition) is 1. The molecule has 3 rings (SSSR count). The Kier molecular flexibility index (Phi) is 3.60. The van der Waals surface area contributed by atoms with Crippen molar-refractivity contribution in [2.24, 2.45) is 0 Å². The molecule has 9 nitrogen and oxygen atoms in total. The molecule has 0 radical (unpaired) electrons. The number of hydroxylamine groups is 2. The third kappa shape index (κ3) is 2.55. The maximum absolute atomic E-state index is 12.0. The zero-order chi connectivity index (χ0) is 15.5. The molecule has 1 aliphatic heterocycles. The van der Waals surface area contributed by atoms with Crippen LogP contribution < -0.4 is 0 Å². The van der Waals surface area contributed by atoms with Gasteiger partial charge in [-0.3, -0.25) is 9.59 Å². The lowest BCUT2D eigenvalue weighted by Gasteiger charge is -2.12. The molecule has 0 saturated carbocycles. The second-order valence-electron chi connectivity index (χ2n) is 4.60. The van der Waals surface area contributed by atoms with Crippen LogP contribution in [0.5, 0.6) is 0 Å². The van der Waals surface area contributed by atoms with Crippen LogP contribution in [0.2, 0.25) is 0 Å². The predicted molar refractivity (Wildman–Crippen MR) is 70.1 cm³/mol. The van der Waals surface area contributed by atoms with Crippen LogP contribution in [0.1, 0.15) is 39.4 Å². The molecule has 1 aromatic carbocycles. The lowest BCUT2D eigenvalue weighted by Crippen LogP contribution is -2.32. The highest BCUT2D eigenvalue weighted by atomic mass is 16.7. The molecule has 0 spiro atoms. The second kappa shape index (κ2) is 5.72. The Balaban J connectivity index is 1.56. The van der Waals surface area contributed by atoms with Crippen LogP contribution in [0.3, 0.4) is 0 Å². The van der Waals surface area contributed by atoms with E-state index in [1.54, 1.807) is 12.1 Å². The molecule has 2 heterocycles. The highest BCUT2D eigenvalue weighted by Crippen LogP contribution is 2.22. The summed E-state index contributed by atoms with van der Waals surface area (Å²) in [5.74, 6) is -1.45. The summed E-state index contributed by atoms with van der Waals surface area (Å²) < 4.78 is 0. The average Bonchev–Trinajstić information content (AvgIpc) is 3.11. The van der Waals surface area contributed by atoms with Crippen LogP contribution >= 0.6 is 0 Å². The zero-order valence-electron chi connectivity index (χ0n) is 11.4. The quantitative estimate of drug-likeness (QED) is 0.788. The number of amides is 2. The number of carbonyl (C=O) groups is 3. The van der Waals surface area contributed by atoms with Crippen molar-refractivity contribution in [1.82, 2.24) is 25.7 Å². The van der Waals surface area contributed by atoms with Crippen molar-refractivity contribution in [2.75, 3.05) is 0 Å². The van der Waals surface area contributed by atoms with Gasteiger partial charge in [-0.05, 0) is 18.6 Å². The molecule has 1 aromatic heterocycles. The van der Waals surface area contributed by atoms with Crippen LogP contribution in [-0.4, -0.2) is 43.5 Å². The molecule has 0 atom stereocenters. The predicted octanol–water partition coefficient (Wildman–Crippen LogP) is 0.277. The maximum Gasteiger partial charge on any atom is 0.333 e. The number of aryl methyl sites for hydroxylation is 1. The van der Waals surface area contributed by atoms with Crippen LogP contribution in [0.25, 0.3) is 0 Å². The number of carbonyl (C=O) groups excluding carboxylic acids is 3. The monoisotopic (exact) mass is 301 g/mol. The van der Waals surface area contributed by atoms with E-state index in [2.05, 4.69) is 20.6 Å². The molecule has 1 aliphatic rings. The van der Waals surface area contributed by atoms with Gasteiger partial charge < -0.3 is 4.84 Å². The van der Waals surface area contributed by atoms with E-state index in [0.29, 0.717) is 23.7 Å². The number of imide groups is 1. The highest BCUT2D eigenvalue weighted by molar-refractivity contribution is 6.20. The van der Waals surface area contributed by atoms with Crippen molar-refractivity contribution in [1.29, 1.82) is 0 Å². The van der Waals surface area contributed by atoms with Gasteiger partial charge in [0, 0.05) is 12.8 Å². The number of fused-ring (bicyclic) bond motifs is 1. The third-order valence-electron chi connectivity index (χ3n) is 3.12. The Bertz CT molecular complexity index is 693. The summed E-state index contributed by atoms with van der Waals surface area (Å²) in [6.45, 7) is 0. The van der Waals surface area contributed by atoms with Gasteiger partial charge in [0.25, 0.3) is 11.8 Å². The fourth-order valence-corrected chi connectivity index (χ4v) is 2.08. The Morgan fingerprint density at radius 1 is 1.18 bits per heavy atom. The number of nitrogens with one attached hydrogen (secondary N) is 1. The van der Waals surface area contributed by atoms with E-state index in [-0.39, 0.29) is 17.5 Å². The van der Waals surface area contributed by atoms with E-state index in [9.17, 15) is 14.4 Å². The van der Waals surface area contributed by atoms with Gasteiger partial charge in [0.15, 0.2) is 5.82 Å². The molecule has 0 aliphatic carbocycles. The Morgan fingerprint density at radius 3 is 2.45 bits per heavy atom.